The van der Waals surface area contributed by atoms with Gasteiger partial charge >= 0.3 is 0 Å². The fourth-order valence-corrected chi connectivity index (χ4v) is 3.79. The van der Waals surface area contributed by atoms with Gasteiger partial charge in [0.15, 0.2) is 5.96 Å². The van der Waals surface area contributed by atoms with E-state index >= 15 is 0 Å². The number of hydrogen-bond donors (Lipinski definition) is 3. The van der Waals surface area contributed by atoms with Gasteiger partial charge in [0.05, 0.1) is 0 Å². The molecule has 0 aliphatic carbocycles. The molecular weight excluding hydrogens is 409 g/mol. The number of rotatable bonds is 8. The Morgan fingerprint density at radius 2 is 2.18 bits per heavy atom. The van der Waals surface area contributed by atoms with Crippen molar-refractivity contribution in [2.24, 2.45) is 16.8 Å². The Kier molecular flexibility index (Phi) is 13.9. The molecule has 4 nitrogen and oxygen atoms in total. The molecule has 1 heterocycles. The molecule has 0 aromatic rings. The van der Waals surface area contributed by atoms with Crippen LogP contribution in [0.3, 0.4) is 0 Å². The summed E-state index contributed by atoms with van der Waals surface area (Å²) in [6, 6.07) is 0.544. The summed E-state index contributed by atoms with van der Waals surface area (Å²) in [4.78, 5) is 4.75. The van der Waals surface area contributed by atoms with Crippen LogP contribution in [0.25, 0.3) is 0 Å². The molecule has 1 fully saturated rings. The Hall–Kier alpha value is 0.310. The number of aliphatic hydroxyl groups is 1. The van der Waals surface area contributed by atoms with Gasteiger partial charge in [0, 0.05) is 31.5 Å². The quantitative estimate of drug-likeness (QED) is 0.307. The first-order valence-electron chi connectivity index (χ1n) is 8.39. The summed E-state index contributed by atoms with van der Waals surface area (Å²) in [7, 11) is 0. The summed E-state index contributed by atoms with van der Waals surface area (Å²) in [6.07, 6.45) is 4.51. The smallest absolute Gasteiger partial charge is 0.191 e. The number of halogens is 1. The lowest BCUT2D eigenvalue weighted by Crippen LogP contribution is -2.45. The van der Waals surface area contributed by atoms with Gasteiger partial charge in [-0.25, -0.2) is 0 Å². The first-order chi connectivity index (χ1) is 10.2. The van der Waals surface area contributed by atoms with Gasteiger partial charge in [-0.2, -0.15) is 11.8 Å². The van der Waals surface area contributed by atoms with E-state index in [1.54, 1.807) is 0 Å². The molecule has 0 saturated carbocycles. The first-order valence-corrected chi connectivity index (χ1v) is 9.54. The van der Waals surface area contributed by atoms with Gasteiger partial charge in [-0.1, -0.05) is 13.8 Å². The van der Waals surface area contributed by atoms with E-state index in [1.165, 1.54) is 24.3 Å². The number of aliphatic imine (C=N–C) groups is 1. The van der Waals surface area contributed by atoms with Crippen LogP contribution in [-0.4, -0.2) is 48.3 Å². The normalized spacial score (nSPS) is 20.4. The van der Waals surface area contributed by atoms with Crippen LogP contribution in [0.4, 0.5) is 0 Å². The Bertz CT molecular complexity index is 297. The maximum absolute atomic E-state index is 9.20. The van der Waals surface area contributed by atoms with Crippen molar-refractivity contribution in [3.8, 4) is 0 Å². The molecular formula is C16H34IN3OS. The van der Waals surface area contributed by atoms with Crippen molar-refractivity contribution in [2.75, 3.05) is 31.2 Å². The highest BCUT2D eigenvalue weighted by Crippen LogP contribution is 2.17. The highest BCUT2D eigenvalue weighted by Gasteiger charge is 2.15. The van der Waals surface area contributed by atoms with E-state index in [1.807, 2.05) is 11.8 Å². The molecule has 1 aliphatic rings. The zero-order valence-corrected chi connectivity index (χ0v) is 17.5. The number of nitrogens with zero attached hydrogens (tertiary/aromatic N) is 1. The molecule has 0 amide bonds. The van der Waals surface area contributed by atoms with Crippen molar-refractivity contribution in [2.45, 2.75) is 52.5 Å². The van der Waals surface area contributed by atoms with Crippen molar-refractivity contribution in [1.82, 2.24) is 10.6 Å². The average Bonchev–Trinajstić information content (AvgIpc) is 2.45. The van der Waals surface area contributed by atoms with Crippen LogP contribution in [0.15, 0.2) is 4.99 Å². The van der Waals surface area contributed by atoms with Crippen molar-refractivity contribution >= 4 is 41.7 Å². The van der Waals surface area contributed by atoms with Crippen LogP contribution in [0.5, 0.6) is 0 Å². The van der Waals surface area contributed by atoms with Crippen LogP contribution in [0.1, 0.15) is 46.5 Å². The Morgan fingerprint density at radius 3 is 2.73 bits per heavy atom. The number of nitrogens with one attached hydrogen (secondary N) is 2. The van der Waals surface area contributed by atoms with Crippen LogP contribution >= 0.6 is 35.7 Å². The first kappa shape index (κ1) is 22.3. The van der Waals surface area contributed by atoms with Gasteiger partial charge < -0.3 is 15.7 Å². The van der Waals surface area contributed by atoms with E-state index in [9.17, 15) is 5.11 Å². The second-order valence-electron chi connectivity index (χ2n) is 6.29. The van der Waals surface area contributed by atoms with Gasteiger partial charge in [-0.3, -0.25) is 4.99 Å². The maximum Gasteiger partial charge on any atom is 0.191 e. The van der Waals surface area contributed by atoms with Crippen LogP contribution in [-0.2, 0) is 0 Å². The van der Waals surface area contributed by atoms with Gasteiger partial charge in [-0.05, 0) is 50.2 Å². The molecule has 132 valence electrons. The Balaban J connectivity index is 0.00000441. The van der Waals surface area contributed by atoms with Gasteiger partial charge in [0.25, 0.3) is 0 Å². The molecule has 0 aromatic carbocycles. The molecule has 0 radical (unpaired) electrons. The summed E-state index contributed by atoms with van der Waals surface area (Å²) >= 11 is 2.03. The minimum atomic E-state index is 0. The molecule has 6 heteroatoms. The molecule has 1 rings (SSSR count). The average molecular weight is 443 g/mol. The molecule has 3 N–H and O–H groups in total. The molecule has 1 aliphatic heterocycles. The Morgan fingerprint density at radius 1 is 1.41 bits per heavy atom. The van der Waals surface area contributed by atoms with E-state index in [-0.39, 0.29) is 30.6 Å². The van der Waals surface area contributed by atoms with Gasteiger partial charge in [0.2, 0.25) is 0 Å². The fourth-order valence-electron chi connectivity index (χ4n) is 2.72. The third-order valence-corrected chi connectivity index (χ3v) is 4.91. The molecule has 2 atom stereocenters. The zero-order chi connectivity index (χ0) is 15.5. The lowest BCUT2D eigenvalue weighted by molar-refractivity contribution is 0.245. The molecule has 1 saturated heterocycles. The highest BCUT2D eigenvalue weighted by atomic mass is 127. The predicted molar refractivity (Wildman–Crippen MR) is 110 cm³/mol. The standard InChI is InChI=1S/C16H33N3OS.HI/c1-4-17-16(19-15-6-5-9-21-12-15)18-11-14(7-8-20)10-13(2)3;/h13-15,20H,4-12H2,1-3H3,(H2,17,18,19);1H. The molecule has 0 bridgehead atoms. The SMILES string of the molecule is CCNC(=NCC(CCO)CC(C)C)NC1CCCSC1.I. The van der Waals surface area contributed by atoms with Crippen LogP contribution in [0.2, 0.25) is 0 Å². The predicted octanol–water partition coefficient (Wildman–Crippen LogP) is 3.10. The van der Waals surface area contributed by atoms with Crippen molar-refractivity contribution in [3.63, 3.8) is 0 Å². The number of guanidine groups is 1. The fraction of sp³-hybridized carbons (Fsp3) is 0.938. The van der Waals surface area contributed by atoms with Crippen molar-refractivity contribution in [1.29, 1.82) is 0 Å². The van der Waals surface area contributed by atoms with Crippen LogP contribution in [0, 0.1) is 11.8 Å². The minimum Gasteiger partial charge on any atom is -0.396 e. The monoisotopic (exact) mass is 443 g/mol. The van der Waals surface area contributed by atoms with E-state index in [0.717, 1.165) is 31.9 Å². The summed E-state index contributed by atoms with van der Waals surface area (Å²) < 4.78 is 0. The van der Waals surface area contributed by atoms with Crippen LogP contribution < -0.4 is 10.6 Å². The summed E-state index contributed by atoms with van der Waals surface area (Å²) in [5.74, 6) is 4.54. The molecule has 22 heavy (non-hydrogen) atoms. The lowest BCUT2D eigenvalue weighted by atomic mass is 9.94. The highest BCUT2D eigenvalue weighted by molar-refractivity contribution is 14.0. The van der Waals surface area contributed by atoms with Crippen molar-refractivity contribution < 1.29 is 5.11 Å². The molecule has 2 unspecified atom stereocenters. The third-order valence-electron chi connectivity index (χ3n) is 3.70. The van der Waals surface area contributed by atoms with E-state index in [4.69, 9.17) is 4.99 Å². The Labute approximate surface area is 157 Å². The zero-order valence-electron chi connectivity index (χ0n) is 14.3. The topological polar surface area (TPSA) is 56.7 Å². The lowest BCUT2D eigenvalue weighted by Gasteiger charge is -2.25. The number of hydrogen-bond acceptors (Lipinski definition) is 3. The minimum absolute atomic E-state index is 0. The number of thioether (sulfide) groups is 1. The van der Waals surface area contributed by atoms with Crippen molar-refractivity contribution in [3.05, 3.63) is 0 Å². The van der Waals surface area contributed by atoms with E-state index < -0.39 is 0 Å². The summed E-state index contributed by atoms with van der Waals surface area (Å²) in [5.41, 5.74) is 0. The third kappa shape index (κ3) is 10.2. The summed E-state index contributed by atoms with van der Waals surface area (Å²) in [5, 5.41) is 16.1. The largest absolute Gasteiger partial charge is 0.396 e. The van der Waals surface area contributed by atoms with Gasteiger partial charge in [0.1, 0.15) is 0 Å². The van der Waals surface area contributed by atoms with E-state index in [2.05, 4.69) is 31.4 Å². The second kappa shape index (κ2) is 13.7. The molecule has 0 aromatic heterocycles. The number of aliphatic hydroxyl groups excluding tert-OH is 1. The van der Waals surface area contributed by atoms with Gasteiger partial charge in [-0.15, -0.1) is 24.0 Å². The molecule has 0 spiro atoms. The van der Waals surface area contributed by atoms with E-state index in [0.29, 0.717) is 17.9 Å². The maximum atomic E-state index is 9.20. The second-order valence-corrected chi connectivity index (χ2v) is 7.44. The summed E-state index contributed by atoms with van der Waals surface area (Å²) in [6.45, 7) is 8.52.